The minimum Gasteiger partial charge on any atom is -0.494 e. The first-order valence-corrected chi connectivity index (χ1v) is 55.7. The van der Waals surface area contributed by atoms with Gasteiger partial charge >= 0.3 is 20.8 Å². The van der Waals surface area contributed by atoms with Crippen LogP contribution in [0.3, 0.4) is 0 Å². The van der Waals surface area contributed by atoms with Crippen LogP contribution in [-0.4, -0.2) is 115 Å². The van der Waals surface area contributed by atoms with Gasteiger partial charge in [-0.2, -0.15) is 0 Å². The van der Waals surface area contributed by atoms with Crippen molar-refractivity contribution in [1.29, 1.82) is 0 Å². The molecule has 16 rings (SSSR count). The van der Waals surface area contributed by atoms with Crippen LogP contribution < -0.4 is 20.4 Å². The molecule has 0 radical (unpaired) electrons. The number of aliphatic imine (C=N–C) groups is 4. The zero-order valence-corrected chi connectivity index (χ0v) is 78.1. The fourth-order valence-electron chi connectivity index (χ4n) is 14.0. The Balaban J connectivity index is 0.606. The average Bonchev–Trinajstić information content (AvgIpc) is 1.53. The smallest absolute Gasteiger partial charge is 0.494 e. The zero-order chi connectivity index (χ0) is 78.8. The molecule has 8 aromatic rings. The molecule has 2 aromatic heterocycles. The molecule has 0 atom stereocenters. The molecular formula is C84H82N8O6S16Si. The molecule has 0 spiro atoms. The lowest BCUT2D eigenvalue weighted by Crippen LogP contribution is -2.65. The number of rotatable bonds is 36. The highest BCUT2D eigenvalue weighted by Crippen LogP contribution is 2.67. The van der Waals surface area contributed by atoms with Crippen molar-refractivity contribution >= 4 is 266 Å². The van der Waals surface area contributed by atoms with Gasteiger partial charge in [0, 0.05) is 43.8 Å². The van der Waals surface area contributed by atoms with Gasteiger partial charge in [0.15, 0.2) is 23.3 Å². The number of amidine groups is 4. The summed E-state index contributed by atoms with van der Waals surface area (Å²) in [4.78, 5) is 64.5. The van der Waals surface area contributed by atoms with Gasteiger partial charge in [-0.15, -0.1) is 94.1 Å². The second-order valence-electron chi connectivity index (χ2n) is 27.0. The maximum Gasteiger partial charge on any atom is 0.742 e. The first-order valence-electron chi connectivity index (χ1n) is 38.1. The van der Waals surface area contributed by atoms with Crippen LogP contribution in [0.4, 0.5) is 11.6 Å². The van der Waals surface area contributed by atoms with Gasteiger partial charge in [-0.25, -0.2) is 39.5 Å². The summed E-state index contributed by atoms with van der Waals surface area (Å²) in [6, 6.07) is 45.1. The summed E-state index contributed by atoms with van der Waals surface area (Å²) in [5, 5.41) is 2.52. The minimum atomic E-state index is -5.33. The van der Waals surface area contributed by atoms with Crippen molar-refractivity contribution in [3.8, 4) is 11.5 Å². The number of hydrogen-bond donors (Lipinski definition) is 0. The summed E-state index contributed by atoms with van der Waals surface area (Å²) < 4.78 is 48.3. The van der Waals surface area contributed by atoms with E-state index >= 15 is 9.59 Å². The van der Waals surface area contributed by atoms with E-state index in [1.807, 2.05) is 285 Å². The van der Waals surface area contributed by atoms with E-state index in [0.717, 1.165) is 72.3 Å². The number of thioether (sulfide) groups is 16. The molecule has 0 saturated heterocycles. The second kappa shape index (κ2) is 40.0. The summed E-state index contributed by atoms with van der Waals surface area (Å²) in [6.07, 6.45) is 31.6. The van der Waals surface area contributed by atoms with Crippen molar-refractivity contribution in [3.63, 3.8) is 0 Å². The summed E-state index contributed by atoms with van der Waals surface area (Å²) in [7, 11) is -5.33. The number of aromatic nitrogens is 2. The van der Waals surface area contributed by atoms with E-state index < -0.39 is 20.8 Å². The minimum absolute atomic E-state index is 0.188. The Bertz CT molecular complexity index is 5210. The van der Waals surface area contributed by atoms with Crippen LogP contribution in [0.1, 0.15) is 146 Å². The van der Waals surface area contributed by atoms with Crippen molar-refractivity contribution in [2.75, 3.05) is 62.3 Å². The van der Waals surface area contributed by atoms with Crippen molar-refractivity contribution in [2.45, 2.75) is 103 Å². The number of fused-ring (bicyclic) bond motifs is 14. The Morgan fingerprint density at radius 3 is 0.948 bits per heavy atom. The maximum atomic E-state index is 16.0. The molecule has 0 amide bonds. The SMILES string of the molecule is CSC1=C(SC)SC(=C2SC(SC)=C(SCCCCCCCCCCOc3ccc(C(=O)O[Si]4(OC(=O)c5ccc(OCCCCCCCCCCSC6=C(SC)SC(=C7SC(SC)=C(SC)S7)S6)cc5)n5c6c7ccccc7c5N=C5N=C(N=c7c8ccccc8c(n74)=NC4=NC(=N6)c6ccccc64)c4ccccc45)cc3)S2)S1. The van der Waals surface area contributed by atoms with Crippen LogP contribution in [0.15, 0.2) is 226 Å². The molecule has 594 valence electrons. The van der Waals surface area contributed by atoms with Crippen molar-refractivity contribution in [3.05, 3.63) is 241 Å². The lowest BCUT2D eigenvalue weighted by molar-refractivity contribution is 0.0532. The third-order valence-corrected chi connectivity index (χ3v) is 44.9. The van der Waals surface area contributed by atoms with Gasteiger partial charge in [-0.3, -0.25) is 8.47 Å². The Hall–Kier alpha value is -4.52. The van der Waals surface area contributed by atoms with Crippen LogP contribution in [0.25, 0.3) is 21.5 Å². The van der Waals surface area contributed by atoms with Crippen LogP contribution in [0.2, 0.25) is 0 Å². The highest BCUT2D eigenvalue weighted by atomic mass is 32.3. The first kappa shape index (κ1) is 84.1. The molecule has 0 saturated carbocycles. The topological polar surface area (TPSA) is 155 Å². The Morgan fingerprint density at radius 2 is 0.609 bits per heavy atom. The van der Waals surface area contributed by atoms with Gasteiger partial charge in [-0.1, -0.05) is 268 Å². The average molecular weight is 1840 g/mol. The lowest BCUT2D eigenvalue weighted by atomic mass is 10.1. The predicted octanol–water partition coefficient (Wildman–Crippen LogP) is 26.4. The van der Waals surface area contributed by atoms with E-state index in [2.05, 4.69) is 37.5 Å². The standard InChI is InChI=1S/C84H82N8O6S16Si/c1-99-73-74(100-2)108-81(107-73)83-111-77(103-5)79(113-83)105-49-29-17-13-9-7-11-15-27-47-95-53-43-39-51(40-44-53)71(93)97-115(98-72(94)52-41-45-54(46-42-52)96-48-28-16-12-8-10-14-18-30-50-106-80-78(104-6)112-84(114-80)82-109-75(101-3)76(102-4)110-82)91-67-59-35-23-24-36-60(59)69(91)89-65-57-33-21-22-34-58(57)66(86-65)90-70-62-38-26-25-37-61(62)68(92(70)115)88-64-56-32-20-19-31-55(56)63(85-64)87-67/h19-26,31-46H,7-18,27-30,47-50H2,1-6H3. The Labute approximate surface area is 741 Å². The lowest BCUT2D eigenvalue weighted by Gasteiger charge is -2.31. The van der Waals surface area contributed by atoms with Gasteiger partial charge in [-0.05, 0) is 123 Å². The molecular weight excluding hydrogens is 1760 g/mol. The van der Waals surface area contributed by atoms with Crippen LogP contribution in [-0.2, 0) is 8.85 Å². The third-order valence-electron chi connectivity index (χ3n) is 19.6. The normalized spacial score (nSPS) is 16.5. The van der Waals surface area contributed by atoms with Crippen molar-refractivity contribution < 1.29 is 27.9 Å². The van der Waals surface area contributed by atoms with Gasteiger partial charge < -0.3 is 18.3 Å². The number of nitrogens with zero attached hydrogens (tertiary/aromatic N) is 8. The predicted molar refractivity (Wildman–Crippen MR) is 519 cm³/mol. The fraction of sp³-hybridized carbons (Fsp3) is 0.310. The zero-order valence-electron chi connectivity index (χ0n) is 64.1. The summed E-state index contributed by atoms with van der Waals surface area (Å²) in [6.45, 7) is 1.06. The van der Waals surface area contributed by atoms with Crippen LogP contribution in [0, 0.1) is 0 Å². The molecule has 0 unspecified atom stereocenters. The third kappa shape index (κ3) is 18.8. The molecule has 0 fully saturated rings. The van der Waals surface area contributed by atoms with Crippen molar-refractivity contribution in [1.82, 2.24) is 8.47 Å². The Kier molecular flexibility index (Phi) is 29.2. The fourth-order valence-corrected chi connectivity index (χ4v) is 38.6. The second-order valence-corrected chi connectivity index (χ2v) is 47.8. The van der Waals surface area contributed by atoms with Gasteiger partial charge in [0.05, 0.1) is 75.2 Å². The van der Waals surface area contributed by atoms with Gasteiger partial charge in [0.1, 0.15) is 34.1 Å². The summed E-state index contributed by atoms with van der Waals surface area (Å²) in [5.41, 5.74) is 3.90. The van der Waals surface area contributed by atoms with E-state index in [0.29, 0.717) is 69.6 Å². The number of unbranched alkanes of at least 4 members (excludes halogenated alkanes) is 14. The highest BCUT2D eigenvalue weighted by molar-refractivity contribution is 8.46. The quantitative estimate of drug-likeness (QED) is 0.0270. The van der Waals surface area contributed by atoms with E-state index in [-0.39, 0.29) is 33.7 Å². The van der Waals surface area contributed by atoms with Crippen LogP contribution >= 0.6 is 188 Å². The van der Waals surface area contributed by atoms with E-state index in [9.17, 15) is 0 Å². The summed E-state index contributed by atoms with van der Waals surface area (Å²) >= 11 is 30.9. The molecule has 8 aliphatic heterocycles. The summed E-state index contributed by atoms with van der Waals surface area (Å²) in [5.74, 6) is 3.99. The molecule has 115 heavy (non-hydrogen) atoms. The number of ether oxygens (including phenoxy) is 2. The molecule has 31 heteroatoms. The molecule has 8 aliphatic rings. The molecule has 0 aliphatic carbocycles. The number of hydrogen-bond acceptors (Lipinski definition) is 28. The van der Waals surface area contributed by atoms with E-state index in [4.69, 9.17) is 48.3 Å². The molecule has 6 bridgehead atoms. The molecule has 14 nitrogen and oxygen atoms in total. The molecule has 0 N–H and O–H groups in total. The van der Waals surface area contributed by atoms with E-state index in [1.165, 1.54) is 115 Å². The highest BCUT2D eigenvalue weighted by Gasteiger charge is 2.60. The number of carbonyl (C=O) groups excluding carboxylic acids is 2. The largest absolute Gasteiger partial charge is 0.742 e. The van der Waals surface area contributed by atoms with Gasteiger partial charge in [0.25, 0.3) is 0 Å². The maximum absolute atomic E-state index is 16.0. The first-order chi connectivity index (χ1) is 56.5. The van der Waals surface area contributed by atoms with E-state index in [1.54, 1.807) is 57.0 Å². The van der Waals surface area contributed by atoms with Crippen LogP contribution in [0.5, 0.6) is 11.5 Å². The Morgan fingerprint density at radius 1 is 0.322 bits per heavy atom. The number of benzene rings is 6. The number of carbonyl (C=O) groups is 2. The monoisotopic (exact) mass is 1840 g/mol. The molecule has 10 heterocycles. The van der Waals surface area contributed by atoms with Crippen molar-refractivity contribution in [2.24, 2.45) is 30.0 Å². The van der Waals surface area contributed by atoms with Gasteiger partial charge in [0.2, 0.25) is 0 Å². The molecule has 6 aromatic carbocycles.